The highest BCUT2D eigenvalue weighted by Crippen LogP contribution is 2.35. The standard InChI is InChI=1S/C62H122N2O7/c1-6-10-14-18-22-26-30-34-40-54(5)48-63(49-56(65)42-35-31-27-23-19-15-11-7-2)47-39-45-60(68)71-59-53-70-61-55(52-69-62(59)61)41-38-46-64(50-57(66)43-36-32-28-24-20-16-12-8-3)51-58(67)44-37-33-29-25-21-17-13-9-4/h54-59,61-62,65-67H,6-53H2,1-5H3. The molecule has 0 amide bonds. The van der Waals surface area contributed by atoms with Crippen LogP contribution in [0.3, 0.4) is 0 Å². The molecular weight excluding hydrogens is 885 g/mol. The Morgan fingerprint density at radius 3 is 1.23 bits per heavy atom. The van der Waals surface area contributed by atoms with E-state index >= 15 is 0 Å². The second-order valence-electron chi connectivity index (χ2n) is 23.3. The van der Waals surface area contributed by atoms with Crippen LogP contribution in [0.1, 0.15) is 291 Å². The summed E-state index contributed by atoms with van der Waals surface area (Å²) in [7, 11) is 0. The Labute approximate surface area is 440 Å². The van der Waals surface area contributed by atoms with E-state index in [1.54, 1.807) is 0 Å². The number of ether oxygens (including phenoxy) is 3. The van der Waals surface area contributed by atoms with Crippen LogP contribution in [0.15, 0.2) is 0 Å². The number of unbranched alkanes of at least 4 members (excludes halogenated alkanes) is 28. The highest BCUT2D eigenvalue weighted by Gasteiger charge is 2.49. The van der Waals surface area contributed by atoms with Gasteiger partial charge in [0.05, 0.1) is 37.6 Å². The van der Waals surface area contributed by atoms with Gasteiger partial charge in [-0.1, -0.05) is 240 Å². The summed E-state index contributed by atoms with van der Waals surface area (Å²) in [5.74, 6) is 0.630. The smallest absolute Gasteiger partial charge is 0.306 e. The van der Waals surface area contributed by atoms with Gasteiger partial charge in [-0.15, -0.1) is 0 Å². The lowest BCUT2D eigenvalue weighted by molar-refractivity contribution is -0.153. The number of hydrogen-bond donors (Lipinski definition) is 3. The maximum Gasteiger partial charge on any atom is 0.306 e. The van der Waals surface area contributed by atoms with Crippen LogP contribution in [0.5, 0.6) is 0 Å². The van der Waals surface area contributed by atoms with Gasteiger partial charge in [0.15, 0.2) is 6.10 Å². The molecule has 2 aliphatic rings. The fourth-order valence-electron chi connectivity index (χ4n) is 11.5. The van der Waals surface area contributed by atoms with E-state index in [-0.39, 0.29) is 48.5 Å². The van der Waals surface area contributed by atoms with Gasteiger partial charge in [0.25, 0.3) is 0 Å². The zero-order chi connectivity index (χ0) is 51.4. The van der Waals surface area contributed by atoms with Crippen molar-refractivity contribution in [3.05, 3.63) is 0 Å². The first-order chi connectivity index (χ1) is 34.7. The summed E-state index contributed by atoms with van der Waals surface area (Å²) in [4.78, 5) is 18.1. The number of rotatable bonds is 53. The van der Waals surface area contributed by atoms with Gasteiger partial charge in [0.2, 0.25) is 0 Å². The molecule has 0 aromatic carbocycles. The van der Waals surface area contributed by atoms with Gasteiger partial charge in [-0.2, -0.15) is 0 Å². The summed E-state index contributed by atoms with van der Waals surface area (Å²) >= 11 is 0. The molecule has 0 radical (unpaired) electrons. The lowest BCUT2D eigenvalue weighted by Crippen LogP contribution is -2.39. The van der Waals surface area contributed by atoms with E-state index in [1.165, 1.54) is 193 Å². The van der Waals surface area contributed by atoms with E-state index in [4.69, 9.17) is 14.2 Å². The minimum absolute atomic E-state index is 0.0676. The molecule has 71 heavy (non-hydrogen) atoms. The molecule has 8 unspecified atom stereocenters. The number of aliphatic hydroxyl groups excluding tert-OH is 3. The van der Waals surface area contributed by atoms with E-state index in [9.17, 15) is 20.1 Å². The summed E-state index contributed by atoms with van der Waals surface area (Å²) in [5, 5.41) is 33.4. The van der Waals surface area contributed by atoms with Crippen LogP contribution in [-0.2, 0) is 19.0 Å². The van der Waals surface area contributed by atoms with Crippen LogP contribution in [0.2, 0.25) is 0 Å². The third-order valence-corrected chi connectivity index (χ3v) is 16.0. The van der Waals surface area contributed by atoms with Crippen molar-refractivity contribution in [2.75, 3.05) is 52.5 Å². The molecule has 2 heterocycles. The van der Waals surface area contributed by atoms with Crippen molar-refractivity contribution in [1.29, 1.82) is 0 Å². The third kappa shape index (κ3) is 36.0. The highest BCUT2D eigenvalue weighted by atomic mass is 16.6. The number of carbonyl (C=O) groups is 1. The Morgan fingerprint density at radius 2 is 0.803 bits per heavy atom. The van der Waals surface area contributed by atoms with Gasteiger partial charge in [-0.05, 0) is 64.0 Å². The highest BCUT2D eigenvalue weighted by molar-refractivity contribution is 5.69. The monoisotopic (exact) mass is 1010 g/mol. The van der Waals surface area contributed by atoms with E-state index in [1.807, 2.05) is 0 Å². The van der Waals surface area contributed by atoms with E-state index in [0.717, 1.165) is 77.4 Å². The number of fused-ring (bicyclic) bond motifs is 1. The molecule has 0 bridgehead atoms. The first-order valence-corrected chi connectivity index (χ1v) is 31.6. The Kier molecular flexibility index (Phi) is 43.4. The average molecular weight is 1010 g/mol. The second-order valence-corrected chi connectivity index (χ2v) is 23.3. The van der Waals surface area contributed by atoms with Crippen molar-refractivity contribution in [3.8, 4) is 0 Å². The molecule has 0 spiro atoms. The van der Waals surface area contributed by atoms with Crippen LogP contribution in [-0.4, -0.2) is 120 Å². The minimum atomic E-state index is -0.372. The van der Waals surface area contributed by atoms with Gasteiger partial charge in [0, 0.05) is 38.5 Å². The molecule has 9 nitrogen and oxygen atoms in total. The summed E-state index contributed by atoms with van der Waals surface area (Å²) in [6.07, 6.45) is 46.1. The molecule has 2 rings (SSSR count). The molecule has 2 fully saturated rings. The first kappa shape index (κ1) is 66.3. The molecule has 0 aromatic rings. The Hall–Kier alpha value is -0.810. The van der Waals surface area contributed by atoms with Crippen molar-refractivity contribution in [3.63, 3.8) is 0 Å². The minimum Gasteiger partial charge on any atom is -0.457 e. The average Bonchev–Trinajstić information content (AvgIpc) is 3.94. The van der Waals surface area contributed by atoms with Gasteiger partial charge in [-0.3, -0.25) is 9.69 Å². The quantitative estimate of drug-likeness (QED) is 0.0405. The van der Waals surface area contributed by atoms with Crippen molar-refractivity contribution in [2.45, 2.75) is 328 Å². The SMILES string of the molecule is CCCCCCCCCCC(C)CN(CCCC(=O)OC1COC2C(CCCN(CC(O)CCCCCCCCCC)CC(O)CCCCCCCCCC)COC12)CC(O)CCCCCCCCCC. The normalized spacial score (nSPS) is 19.7. The zero-order valence-corrected chi connectivity index (χ0v) is 47.9. The van der Waals surface area contributed by atoms with Gasteiger partial charge in [-0.25, -0.2) is 0 Å². The molecule has 2 saturated heterocycles. The largest absolute Gasteiger partial charge is 0.457 e. The number of nitrogens with zero attached hydrogens (tertiary/aromatic N) is 2. The summed E-state index contributed by atoms with van der Waals surface area (Å²) in [6, 6.07) is 0. The summed E-state index contributed by atoms with van der Waals surface area (Å²) in [6.45, 7) is 16.9. The molecular formula is C62H122N2O7. The molecule has 8 atom stereocenters. The van der Waals surface area contributed by atoms with Crippen LogP contribution in [0.25, 0.3) is 0 Å². The van der Waals surface area contributed by atoms with Crippen molar-refractivity contribution in [2.24, 2.45) is 11.8 Å². The lowest BCUT2D eigenvalue weighted by atomic mass is 9.96. The van der Waals surface area contributed by atoms with Crippen molar-refractivity contribution in [1.82, 2.24) is 9.80 Å². The zero-order valence-electron chi connectivity index (χ0n) is 47.9. The molecule has 3 N–H and O–H groups in total. The number of aliphatic hydroxyl groups is 3. The maximum atomic E-state index is 13.3. The Morgan fingerprint density at radius 1 is 0.451 bits per heavy atom. The fourth-order valence-corrected chi connectivity index (χ4v) is 11.5. The van der Waals surface area contributed by atoms with E-state index in [0.29, 0.717) is 45.2 Å². The van der Waals surface area contributed by atoms with Crippen molar-refractivity contribution < 1.29 is 34.3 Å². The predicted octanol–water partition coefficient (Wildman–Crippen LogP) is 15.3. The summed E-state index contributed by atoms with van der Waals surface area (Å²) < 4.78 is 18.7. The fraction of sp³-hybridized carbons (Fsp3) is 0.984. The molecule has 9 heteroatoms. The lowest BCUT2D eigenvalue weighted by Gasteiger charge is -2.28. The van der Waals surface area contributed by atoms with Gasteiger partial charge in [0.1, 0.15) is 6.10 Å². The molecule has 422 valence electrons. The topological polar surface area (TPSA) is 112 Å². The molecule has 2 aliphatic heterocycles. The number of esters is 1. The Bertz CT molecular complexity index is 1110. The van der Waals surface area contributed by atoms with E-state index < -0.39 is 0 Å². The maximum absolute atomic E-state index is 13.3. The summed E-state index contributed by atoms with van der Waals surface area (Å²) in [5.41, 5.74) is 0. The molecule has 0 aliphatic carbocycles. The Balaban J connectivity index is 1.82. The predicted molar refractivity (Wildman–Crippen MR) is 300 cm³/mol. The van der Waals surface area contributed by atoms with Crippen LogP contribution in [0, 0.1) is 11.8 Å². The van der Waals surface area contributed by atoms with Gasteiger partial charge < -0.3 is 34.4 Å². The second kappa shape index (κ2) is 46.5. The van der Waals surface area contributed by atoms with E-state index in [2.05, 4.69) is 44.4 Å². The van der Waals surface area contributed by atoms with Gasteiger partial charge >= 0.3 is 5.97 Å². The van der Waals surface area contributed by atoms with Crippen LogP contribution >= 0.6 is 0 Å². The molecule has 0 aromatic heterocycles. The first-order valence-electron chi connectivity index (χ1n) is 31.6. The molecule has 0 saturated carbocycles. The van der Waals surface area contributed by atoms with Crippen LogP contribution < -0.4 is 0 Å². The third-order valence-electron chi connectivity index (χ3n) is 16.0. The number of hydrogen-bond acceptors (Lipinski definition) is 9. The van der Waals surface area contributed by atoms with Crippen LogP contribution in [0.4, 0.5) is 0 Å². The number of carbonyl (C=O) groups excluding carboxylic acids is 1. The van der Waals surface area contributed by atoms with Crippen molar-refractivity contribution >= 4 is 5.97 Å².